The highest BCUT2D eigenvalue weighted by Crippen LogP contribution is 2.23. The van der Waals surface area contributed by atoms with E-state index in [9.17, 15) is 0 Å². The molecule has 0 atom stereocenters. The molecule has 1 N–H and O–H groups in total. The molecule has 1 heterocycles. The summed E-state index contributed by atoms with van der Waals surface area (Å²) in [6, 6.07) is 0.777. The van der Waals surface area contributed by atoms with Gasteiger partial charge in [-0.1, -0.05) is 6.92 Å². The van der Waals surface area contributed by atoms with E-state index in [1.807, 2.05) is 11.3 Å². The van der Waals surface area contributed by atoms with Gasteiger partial charge in [-0.25, -0.2) is 4.98 Å². The average molecular weight is 254 g/mol. The van der Waals surface area contributed by atoms with E-state index >= 15 is 0 Å². The lowest BCUT2D eigenvalue weighted by molar-refractivity contribution is 0.195. The Bertz CT molecular complexity index is 347. The summed E-state index contributed by atoms with van der Waals surface area (Å²) < 4.78 is 5.08. The van der Waals surface area contributed by atoms with Crippen molar-refractivity contribution in [2.75, 3.05) is 13.7 Å². The Labute approximate surface area is 108 Å². The maximum Gasteiger partial charge on any atom is 0.0932 e. The van der Waals surface area contributed by atoms with Crippen LogP contribution in [0, 0.1) is 0 Å². The monoisotopic (exact) mass is 254 g/mol. The van der Waals surface area contributed by atoms with Gasteiger partial charge in [0, 0.05) is 37.6 Å². The largest absolute Gasteiger partial charge is 0.385 e. The summed E-state index contributed by atoms with van der Waals surface area (Å²) in [5.74, 6) is 0. The highest BCUT2D eigenvalue weighted by atomic mass is 32.1. The van der Waals surface area contributed by atoms with Crippen molar-refractivity contribution in [1.82, 2.24) is 10.3 Å². The first kappa shape index (κ1) is 13.0. The van der Waals surface area contributed by atoms with E-state index in [4.69, 9.17) is 9.72 Å². The molecule has 1 saturated carbocycles. The predicted octanol–water partition coefficient (Wildman–Crippen LogP) is 2.54. The molecule has 1 aromatic rings. The Morgan fingerprint density at radius 1 is 1.47 bits per heavy atom. The molecule has 2 rings (SSSR count). The molecule has 0 aromatic carbocycles. The minimum absolute atomic E-state index is 0.777. The number of hydrogen-bond acceptors (Lipinski definition) is 4. The minimum atomic E-state index is 0.777. The number of aromatic nitrogens is 1. The van der Waals surface area contributed by atoms with Crippen LogP contribution in [0.2, 0.25) is 0 Å². The molecule has 1 fully saturated rings. The molecule has 96 valence electrons. The van der Waals surface area contributed by atoms with E-state index < -0.39 is 0 Å². The van der Waals surface area contributed by atoms with E-state index in [1.165, 1.54) is 28.4 Å². The van der Waals surface area contributed by atoms with Gasteiger partial charge in [0.25, 0.3) is 0 Å². The Balaban J connectivity index is 1.88. The van der Waals surface area contributed by atoms with Crippen LogP contribution >= 0.6 is 11.3 Å². The topological polar surface area (TPSA) is 34.1 Å². The third kappa shape index (κ3) is 4.05. The molecular weight excluding hydrogens is 232 g/mol. The predicted molar refractivity (Wildman–Crippen MR) is 71.6 cm³/mol. The molecular formula is C13H22N2OS. The van der Waals surface area contributed by atoms with Crippen LogP contribution in [0.4, 0.5) is 0 Å². The lowest BCUT2D eigenvalue weighted by Crippen LogP contribution is -2.15. The zero-order chi connectivity index (χ0) is 12.1. The van der Waals surface area contributed by atoms with E-state index in [1.54, 1.807) is 7.11 Å². The number of methoxy groups -OCH3 is 1. The van der Waals surface area contributed by atoms with Gasteiger partial charge in [-0.3, -0.25) is 0 Å². The molecule has 1 aliphatic rings. The van der Waals surface area contributed by atoms with Gasteiger partial charge in [0.15, 0.2) is 0 Å². The second kappa shape index (κ2) is 6.47. The van der Waals surface area contributed by atoms with Crippen molar-refractivity contribution < 1.29 is 4.74 Å². The standard InChI is InChI=1S/C13H22N2OS/c1-3-11-12(9-14-10-6-7-10)17-13(15-11)5-4-8-16-2/h10,14H,3-9H2,1-2H3. The van der Waals surface area contributed by atoms with Crippen LogP contribution in [0.1, 0.15) is 41.8 Å². The Morgan fingerprint density at radius 2 is 2.29 bits per heavy atom. The molecule has 1 aliphatic carbocycles. The third-order valence-corrected chi connectivity index (χ3v) is 4.18. The van der Waals surface area contributed by atoms with Gasteiger partial charge in [0.05, 0.1) is 10.7 Å². The number of thiazole rings is 1. The van der Waals surface area contributed by atoms with Crippen molar-refractivity contribution >= 4 is 11.3 Å². The van der Waals surface area contributed by atoms with Crippen LogP contribution in [-0.2, 0) is 24.1 Å². The van der Waals surface area contributed by atoms with Crippen molar-refractivity contribution in [2.45, 2.75) is 51.6 Å². The zero-order valence-electron chi connectivity index (χ0n) is 10.8. The van der Waals surface area contributed by atoms with Crippen LogP contribution in [0.5, 0.6) is 0 Å². The molecule has 0 spiro atoms. The highest BCUT2D eigenvalue weighted by Gasteiger charge is 2.21. The first-order valence-electron chi connectivity index (χ1n) is 6.53. The Hall–Kier alpha value is -0.450. The maximum atomic E-state index is 5.08. The van der Waals surface area contributed by atoms with Crippen molar-refractivity contribution in [1.29, 1.82) is 0 Å². The SMILES string of the molecule is CCc1nc(CCCOC)sc1CNC1CC1. The maximum absolute atomic E-state index is 5.08. The smallest absolute Gasteiger partial charge is 0.0932 e. The quantitative estimate of drug-likeness (QED) is 0.724. The minimum Gasteiger partial charge on any atom is -0.385 e. The first-order valence-corrected chi connectivity index (χ1v) is 7.35. The number of nitrogens with one attached hydrogen (secondary N) is 1. The van der Waals surface area contributed by atoms with E-state index in [0.717, 1.165) is 38.5 Å². The van der Waals surface area contributed by atoms with Crippen LogP contribution in [-0.4, -0.2) is 24.7 Å². The van der Waals surface area contributed by atoms with Crippen LogP contribution in [0.15, 0.2) is 0 Å². The van der Waals surface area contributed by atoms with Gasteiger partial charge in [-0.2, -0.15) is 0 Å². The van der Waals surface area contributed by atoms with E-state index in [0.29, 0.717) is 0 Å². The number of rotatable bonds is 8. The molecule has 1 aromatic heterocycles. The number of ether oxygens (including phenoxy) is 1. The summed E-state index contributed by atoms with van der Waals surface area (Å²) in [6.45, 7) is 4.03. The van der Waals surface area contributed by atoms with Gasteiger partial charge in [0.1, 0.15) is 0 Å². The molecule has 17 heavy (non-hydrogen) atoms. The molecule has 0 aliphatic heterocycles. The summed E-state index contributed by atoms with van der Waals surface area (Å²) in [6.07, 6.45) is 5.86. The molecule has 0 radical (unpaired) electrons. The first-order chi connectivity index (χ1) is 8.33. The molecule has 3 nitrogen and oxygen atoms in total. The average Bonchev–Trinajstić information content (AvgIpc) is 3.08. The lowest BCUT2D eigenvalue weighted by Gasteiger charge is -2.00. The molecule has 0 saturated heterocycles. The van der Waals surface area contributed by atoms with Gasteiger partial charge in [0.2, 0.25) is 0 Å². The van der Waals surface area contributed by atoms with Gasteiger partial charge < -0.3 is 10.1 Å². The molecule has 0 bridgehead atoms. The Kier molecular flexibility index (Phi) is 4.95. The van der Waals surface area contributed by atoms with Crippen LogP contribution in [0.25, 0.3) is 0 Å². The number of nitrogens with zero attached hydrogens (tertiary/aromatic N) is 1. The fraction of sp³-hybridized carbons (Fsp3) is 0.769. The van der Waals surface area contributed by atoms with Crippen molar-refractivity contribution in [3.8, 4) is 0 Å². The fourth-order valence-electron chi connectivity index (χ4n) is 1.85. The fourth-order valence-corrected chi connectivity index (χ4v) is 3.00. The van der Waals surface area contributed by atoms with E-state index in [-0.39, 0.29) is 0 Å². The van der Waals surface area contributed by atoms with Gasteiger partial charge in [-0.15, -0.1) is 11.3 Å². The number of hydrogen-bond donors (Lipinski definition) is 1. The normalized spacial score (nSPS) is 15.4. The lowest BCUT2D eigenvalue weighted by atomic mass is 10.3. The summed E-state index contributed by atoms with van der Waals surface area (Å²) in [5, 5.41) is 4.84. The highest BCUT2D eigenvalue weighted by molar-refractivity contribution is 7.11. The summed E-state index contributed by atoms with van der Waals surface area (Å²) in [7, 11) is 1.75. The van der Waals surface area contributed by atoms with Crippen molar-refractivity contribution in [3.05, 3.63) is 15.6 Å². The number of aryl methyl sites for hydroxylation is 2. The summed E-state index contributed by atoms with van der Waals surface area (Å²) in [5.41, 5.74) is 1.29. The van der Waals surface area contributed by atoms with E-state index in [2.05, 4.69) is 12.2 Å². The van der Waals surface area contributed by atoms with Gasteiger partial charge >= 0.3 is 0 Å². The van der Waals surface area contributed by atoms with Crippen LogP contribution in [0.3, 0.4) is 0 Å². The summed E-state index contributed by atoms with van der Waals surface area (Å²) in [4.78, 5) is 6.16. The second-order valence-electron chi connectivity index (χ2n) is 4.58. The van der Waals surface area contributed by atoms with Gasteiger partial charge in [-0.05, 0) is 25.7 Å². The second-order valence-corrected chi connectivity index (χ2v) is 5.75. The molecule has 4 heteroatoms. The van der Waals surface area contributed by atoms with Crippen LogP contribution < -0.4 is 5.32 Å². The van der Waals surface area contributed by atoms with Crippen molar-refractivity contribution in [3.63, 3.8) is 0 Å². The summed E-state index contributed by atoms with van der Waals surface area (Å²) >= 11 is 1.88. The third-order valence-electron chi connectivity index (χ3n) is 3.03. The van der Waals surface area contributed by atoms with Crippen molar-refractivity contribution in [2.24, 2.45) is 0 Å². The molecule has 0 amide bonds. The zero-order valence-corrected chi connectivity index (χ0v) is 11.6. The Morgan fingerprint density at radius 3 is 2.94 bits per heavy atom. The molecule has 0 unspecified atom stereocenters.